The molecule has 1 aromatic rings. The maximum Gasteiger partial charge on any atom is 0.410 e. The van der Waals surface area contributed by atoms with Gasteiger partial charge >= 0.3 is 6.09 Å². The number of amides is 1. The lowest BCUT2D eigenvalue weighted by atomic mass is 10.1. The van der Waals surface area contributed by atoms with E-state index in [1.807, 2.05) is 39.0 Å². The number of rotatable bonds is 3. The molecule has 7 nitrogen and oxygen atoms in total. The number of amidine groups is 1. The molecule has 0 bridgehead atoms. The van der Waals surface area contributed by atoms with Crippen molar-refractivity contribution in [3.8, 4) is 0 Å². The van der Waals surface area contributed by atoms with Gasteiger partial charge in [-0.25, -0.2) is 4.79 Å². The van der Waals surface area contributed by atoms with Crippen LogP contribution >= 0.6 is 11.8 Å². The fourth-order valence-electron chi connectivity index (χ4n) is 3.80. The lowest BCUT2D eigenvalue weighted by Crippen LogP contribution is -2.51. The van der Waals surface area contributed by atoms with Crippen molar-refractivity contribution in [2.75, 3.05) is 45.0 Å². The summed E-state index contributed by atoms with van der Waals surface area (Å²) in [6.45, 7) is 10.6. The predicted molar refractivity (Wildman–Crippen MR) is 119 cm³/mol. The Bertz CT molecular complexity index is 840. The van der Waals surface area contributed by atoms with Gasteiger partial charge in [-0.05, 0) is 26.8 Å². The number of benzene rings is 1. The van der Waals surface area contributed by atoms with E-state index in [0.29, 0.717) is 13.1 Å². The summed E-state index contributed by atoms with van der Waals surface area (Å²) >= 11 is 1.67. The highest BCUT2D eigenvalue weighted by Crippen LogP contribution is 2.38. The van der Waals surface area contributed by atoms with Crippen LogP contribution in [0.3, 0.4) is 0 Å². The summed E-state index contributed by atoms with van der Waals surface area (Å²) in [5, 5.41) is 3.20. The lowest BCUT2D eigenvalue weighted by Gasteiger charge is -2.36. The van der Waals surface area contributed by atoms with Gasteiger partial charge in [-0.2, -0.15) is 0 Å². The van der Waals surface area contributed by atoms with Crippen LogP contribution in [0.1, 0.15) is 26.3 Å². The monoisotopic (exact) mass is 415 g/mol. The fraction of sp³-hybridized carbons (Fsp3) is 0.524. The van der Waals surface area contributed by atoms with Crippen molar-refractivity contribution in [2.45, 2.75) is 32.4 Å². The van der Waals surface area contributed by atoms with E-state index in [-0.39, 0.29) is 12.1 Å². The number of carbonyl (C=O) groups is 1. The number of nitrogens with two attached hydrogens (primary N) is 1. The molecule has 1 amide bonds. The Balaban J connectivity index is 1.30. The number of carbonyl (C=O) groups excluding carboxylic acids is 1. The van der Waals surface area contributed by atoms with E-state index in [1.165, 1.54) is 0 Å². The van der Waals surface area contributed by atoms with E-state index in [1.54, 1.807) is 16.7 Å². The van der Waals surface area contributed by atoms with E-state index in [4.69, 9.17) is 15.5 Å². The number of nitrogen functional groups attached to an aromatic ring is 1. The Hall–Kier alpha value is -2.19. The van der Waals surface area contributed by atoms with Crippen LogP contribution in [0.15, 0.2) is 34.7 Å². The highest BCUT2D eigenvalue weighted by atomic mass is 32.2. The van der Waals surface area contributed by atoms with Gasteiger partial charge in [-0.3, -0.25) is 9.89 Å². The molecule has 1 saturated heterocycles. The standard InChI is InChI=1S/C21H29N5O2S/c1-21(2,3)28-20(27)25-10-8-24(9-11-25)12-15-13-26-18(14-29-19(26)23-15)16-6-4-5-7-17(16)22/h4-7,14-15H,8-13,22H2,1-3H3. The van der Waals surface area contributed by atoms with Gasteiger partial charge in [-0.15, -0.1) is 0 Å². The highest BCUT2D eigenvalue weighted by molar-refractivity contribution is 8.16. The first kappa shape index (κ1) is 20.1. The molecular formula is C21H29N5O2S. The molecule has 0 radical (unpaired) electrons. The van der Waals surface area contributed by atoms with Crippen molar-refractivity contribution < 1.29 is 9.53 Å². The average molecular weight is 416 g/mol. The highest BCUT2D eigenvalue weighted by Gasteiger charge is 2.34. The average Bonchev–Trinajstić information content (AvgIpc) is 3.21. The van der Waals surface area contributed by atoms with Gasteiger partial charge in [0.15, 0.2) is 5.17 Å². The Kier molecular flexibility index (Phi) is 5.48. The number of hydrogen-bond acceptors (Lipinski definition) is 7. The Morgan fingerprint density at radius 3 is 2.66 bits per heavy atom. The number of hydrogen-bond donors (Lipinski definition) is 1. The van der Waals surface area contributed by atoms with Crippen LogP contribution in [0, 0.1) is 0 Å². The van der Waals surface area contributed by atoms with E-state index in [0.717, 1.165) is 48.3 Å². The first-order valence-electron chi connectivity index (χ1n) is 10.1. The molecule has 0 aromatic heterocycles. The van der Waals surface area contributed by atoms with Crippen LogP contribution in [0.25, 0.3) is 5.70 Å². The molecule has 3 aliphatic heterocycles. The number of ether oxygens (including phenoxy) is 1. The van der Waals surface area contributed by atoms with Crippen LogP contribution < -0.4 is 5.73 Å². The first-order chi connectivity index (χ1) is 13.8. The number of thioether (sulfide) groups is 1. The van der Waals surface area contributed by atoms with Gasteiger partial charge in [0, 0.05) is 55.9 Å². The van der Waals surface area contributed by atoms with E-state index >= 15 is 0 Å². The van der Waals surface area contributed by atoms with Crippen molar-refractivity contribution in [1.29, 1.82) is 0 Å². The smallest absolute Gasteiger partial charge is 0.410 e. The van der Waals surface area contributed by atoms with Crippen LogP contribution in [0.4, 0.5) is 10.5 Å². The van der Waals surface area contributed by atoms with E-state index in [9.17, 15) is 4.79 Å². The third-order valence-electron chi connectivity index (χ3n) is 5.21. The normalized spacial score (nSPS) is 22.4. The first-order valence-corrected chi connectivity index (χ1v) is 11.0. The summed E-state index contributed by atoms with van der Waals surface area (Å²) < 4.78 is 5.48. The van der Waals surface area contributed by atoms with Crippen molar-refractivity contribution >= 4 is 34.4 Å². The number of para-hydroxylation sites is 1. The lowest BCUT2D eigenvalue weighted by molar-refractivity contribution is 0.0142. The van der Waals surface area contributed by atoms with Crippen molar-refractivity contribution in [2.24, 2.45) is 4.99 Å². The zero-order valence-corrected chi connectivity index (χ0v) is 18.1. The molecule has 3 aliphatic rings. The van der Waals surface area contributed by atoms with Gasteiger partial charge < -0.3 is 20.3 Å². The summed E-state index contributed by atoms with van der Waals surface area (Å²) in [4.78, 5) is 23.6. The molecular weight excluding hydrogens is 386 g/mol. The third-order valence-corrected chi connectivity index (χ3v) is 6.09. The summed E-state index contributed by atoms with van der Waals surface area (Å²) in [6.07, 6.45) is -0.217. The summed E-state index contributed by atoms with van der Waals surface area (Å²) in [5.74, 6) is 0. The van der Waals surface area contributed by atoms with Crippen molar-refractivity contribution in [3.63, 3.8) is 0 Å². The Labute approximate surface area is 176 Å². The van der Waals surface area contributed by atoms with Gasteiger partial charge in [0.05, 0.1) is 11.7 Å². The molecule has 0 spiro atoms. The molecule has 0 aliphatic carbocycles. The molecule has 1 fully saturated rings. The minimum absolute atomic E-state index is 0.217. The zero-order chi connectivity index (χ0) is 20.6. The van der Waals surface area contributed by atoms with Gasteiger partial charge in [-0.1, -0.05) is 30.0 Å². The minimum atomic E-state index is -0.453. The molecule has 0 saturated carbocycles. The number of aliphatic imine (C=N–C) groups is 1. The number of fused-ring (bicyclic) bond motifs is 1. The van der Waals surface area contributed by atoms with Gasteiger partial charge in [0.2, 0.25) is 0 Å². The maximum absolute atomic E-state index is 12.2. The van der Waals surface area contributed by atoms with E-state index in [2.05, 4.69) is 21.3 Å². The second kappa shape index (κ2) is 7.91. The maximum atomic E-state index is 12.2. The Morgan fingerprint density at radius 1 is 1.24 bits per heavy atom. The SMILES string of the molecule is CC(C)(C)OC(=O)N1CCN(CC2CN3C(c4ccccc4N)=CSC3=N2)CC1. The second-order valence-electron chi connectivity index (χ2n) is 8.65. The van der Waals surface area contributed by atoms with Crippen molar-refractivity contribution in [3.05, 3.63) is 35.2 Å². The van der Waals surface area contributed by atoms with E-state index < -0.39 is 5.60 Å². The summed E-state index contributed by atoms with van der Waals surface area (Å²) in [5.41, 5.74) is 8.73. The molecule has 156 valence electrons. The molecule has 1 aromatic carbocycles. The largest absolute Gasteiger partial charge is 0.444 e. The topological polar surface area (TPSA) is 74.4 Å². The second-order valence-corrected chi connectivity index (χ2v) is 9.49. The molecule has 1 unspecified atom stereocenters. The summed E-state index contributed by atoms with van der Waals surface area (Å²) in [6, 6.07) is 8.21. The molecule has 8 heteroatoms. The van der Waals surface area contributed by atoms with Gasteiger partial charge in [0.1, 0.15) is 5.60 Å². The molecule has 29 heavy (non-hydrogen) atoms. The molecule has 2 N–H and O–H groups in total. The number of piperazine rings is 1. The van der Waals surface area contributed by atoms with Crippen LogP contribution in [-0.2, 0) is 4.74 Å². The fourth-order valence-corrected chi connectivity index (χ4v) is 4.78. The molecule has 4 rings (SSSR count). The van der Waals surface area contributed by atoms with Crippen molar-refractivity contribution in [1.82, 2.24) is 14.7 Å². The van der Waals surface area contributed by atoms with Crippen LogP contribution in [0.5, 0.6) is 0 Å². The van der Waals surface area contributed by atoms with Crippen LogP contribution in [-0.4, -0.2) is 76.9 Å². The summed E-state index contributed by atoms with van der Waals surface area (Å²) in [7, 11) is 0. The number of nitrogens with zero attached hydrogens (tertiary/aromatic N) is 4. The third kappa shape index (κ3) is 4.53. The number of anilines is 1. The molecule has 3 heterocycles. The predicted octanol–water partition coefficient (Wildman–Crippen LogP) is 2.91. The molecule has 1 atom stereocenters. The van der Waals surface area contributed by atoms with Crippen LogP contribution in [0.2, 0.25) is 0 Å². The van der Waals surface area contributed by atoms with Gasteiger partial charge in [0.25, 0.3) is 0 Å². The Morgan fingerprint density at radius 2 is 1.97 bits per heavy atom. The minimum Gasteiger partial charge on any atom is -0.444 e. The quantitative estimate of drug-likeness (QED) is 0.765. The zero-order valence-electron chi connectivity index (χ0n) is 17.3.